The average molecular weight is 571 g/mol. The fraction of sp³-hybridized carbons (Fsp3) is 0.759. The van der Waals surface area contributed by atoms with Crippen molar-refractivity contribution in [2.45, 2.75) is 89.3 Å². The molecule has 0 unspecified atom stereocenters. The standard InChI is InChI=1S/C29H42N6O6/c1-3-31-22(30)21-23(36)33(12-18-6-4-5-7-18)27(40)35(24(21)37)20-8-10-28(11-9-20)16-29(17-28)25(38)32(2)26(39)34(29)13-19-14-41-15-19/h18-20,36H,3-17H2,1-2H3,(H2,30,31). The lowest BCUT2D eigenvalue weighted by Crippen LogP contribution is -2.65. The van der Waals surface area contributed by atoms with Gasteiger partial charge in [-0.05, 0) is 69.6 Å². The van der Waals surface area contributed by atoms with Gasteiger partial charge in [0.2, 0.25) is 5.88 Å². The topological polar surface area (TPSA) is 152 Å². The molecule has 12 heteroatoms. The Hall–Kier alpha value is -3.15. The van der Waals surface area contributed by atoms with Crippen molar-refractivity contribution in [3.05, 3.63) is 26.4 Å². The van der Waals surface area contributed by atoms with Crippen LogP contribution in [-0.2, 0) is 16.1 Å². The van der Waals surface area contributed by atoms with Gasteiger partial charge in [0.05, 0.1) is 13.2 Å². The van der Waals surface area contributed by atoms with Crippen molar-refractivity contribution in [3.63, 3.8) is 0 Å². The SMILES string of the molecule is CCN=C(N)c1c(O)n(CC2CCCC2)c(=O)n(C2CCC3(CC2)CC2(C3)C(=O)N(C)C(=O)N2CC2COC2)c1=O. The number of nitrogens with two attached hydrogens (primary N) is 1. The Balaban J connectivity index is 1.25. The summed E-state index contributed by atoms with van der Waals surface area (Å²) in [5.41, 5.74) is 4.06. The quantitative estimate of drug-likeness (QED) is 0.288. The number of urea groups is 1. The third kappa shape index (κ3) is 4.40. The summed E-state index contributed by atoms with van der Waals surface area (Å²) in [6, 6.07) is -0.574. The van der Waals surface area contributed by atoms with Crippen molar-refractivity contribution >= 4 is 17.8 Å². The molecule has 224 valence electrons. The van der Waals surface area contributed by atoms with E-state index in [-0.39, 0.29) is 46.6 Å². The average Bonchev–Trinajstić information content (AvgIpc) is 3.47. The minimum atomic E-state index is -0.796. The molecule has 3 N–H and O–H groups in total. The number of likely N-dealkylation sites (N-methyl/N-ethyl adjacent to an activating group) is 1. The van der Waals surface area contributed by atoms with E-state index in [9.17, 15) is 24.3 Å². The number of imide groups is 1. The van der Waals surface area contributed by atoms with Crippen LogP contribution in [-0.4, -0.2) is 80.7 Å². The number of amidine groups is 1. The first-order valence-electron chi connectivity index (χ1n) is 15.2. The molecule has 0 aromatic carbocycles. The zero-order valence-electron chi connectivity index (χ0n) is 24.1. The number of carbonyl (C=O) groups is 2. The first-order valence-corrected chi connectivity index (χ1v) is 15.2. The molecule has 1 aromatic heterocycles. The first-order chi connectivity index (χ1) is 19.6. The Morgan fingerprint density at radius 3 is 2.27 bits per heavy atom. The highest BCUT2D eigenvalue weighted by atomic mass is 16.5. The second-order valence-corrected chi connectivity index (χ2v) is 13.1. The van der Waals surface area contributed by atoms with E-state index in [0.717, 1.165) is 38.5 Å². The minimum Gasteiger partial charge on any atom is -0.494 e. The highest BCUT2D eigenvalue weighted by Gasteiger charge is 2.68. The zero-order chi connectivity index (χ0) is 29.1. The van der Waals surface area contributed by atoms with Gasteiger partial charge < -0.3 is 20.5 Å². The smallest absolute Gasteiger partial charge is 0.334 e. The first kappa shape index (κ1) is 28.0. The van der Waals surface area contributed by atoms with Gasteiger partial charge in [-0.1, -0.05) is 12.8 Å². The lowest BCUT2D eigenvalue weighted by Gasteiger charge is -2.58. The van der Waals surface area contributed by atoms with Crippen molar-refractivity contribution in [2.75, 3.05) is 33.4 Å². The number of aromatic hydroxyl groups is 1. The van der Waals surface area contributed by atoms with Gasteiger partial charge in [0.25, 0.3) is 11.5 Å². The second-order valence-electron chi connectivity index (χ2n) is 13.1. The number of aromatic nitrogens is 2. The van der Waals surface area contributed by atoms with Gasteiger partial charge in [-0.3, -0.25) is 28.6 Å². The number of rotatable bonds is 7. The van der Waals surface area contributed by atoms with Crippen LogP contribution in [0.15, 0.2) is 14.6 Å². The van der Waals surface area contributed by atoms with Crippen LogP contribution in [0.1, 0.15) is 82.7 Å². The summed E-state index contributed by atoms with van der Waals surface area (Å²) in [7, 11) is 1.56. The molecule has 41 heavy (non-hydrogen) atoms. The molecule has 3 amide bonds. The molecule has 5 aliphatic rings. The van der Waals surface area contributed by atoms with E-state index in [1.165, 1.54) is 14.0 Å². The number of amides is 3. The van der Waals surface area contributed by atoms with Crippen LogP contribution in [0.25, 0.3) is 0 Å². The van der Waals surface area contributed by atoms with Gasteiger partial charge in [-0.15, -0.1) is 0 Å². The molecule has 3 saturated carbocycles. The van der Waals surface area contributed by atoms with Crippen LogP contribution in [0.5, 0.6) is 5.88 Å². The molecule has 2 saturated heterocycles. The maximum Gasteiger partial charge on any atom is 0.334 e. The number of nitrogens with zero attached hydrogens (tertiary/aromatic N) is 5. The van der Waals surface area contributed by atoms with E-state index < -0.39 is 22.7 Å². The third-order valence-corrected chi connectivity index (χ3v) is 10.4. The normalized spacial score (nSPS) is 31.0. The summed E-state index contributed by atoms with van der Waals surface area (Å²) in [5, 5.41) is 11.1. The molecular weight excluding hydrogens is 528 g/mol. The Kier molecular flexibility index (Phi) is 7.02. The molecule has 3 heterocycles. The molecule has 6 rings (SSSR count). The second kappa shape index (κ2) is 10.3. The fourth-order valence-corrected chi connectivity index (χ4v) is 8.21. The van der Waals surface area contributed by atoms with Crippen molar-refractivity contribution in [1.29, 1.82) is 0 Å². The van der Waals surface area contributed by atoms with Crippen molar-refractivity contribution in [3.8, 4) is 5.88 Å². The number of aliphatic imine (C=N–C) groups is 1. The molecule has 0 atom stereocenters. The van der Waals surface area contributed by atoms with Gasteiger partial charge in [-0.25, -0.2) is 9.59 Å². The maximum absolute atomic E-state index is 13.8. The lowest BCUT2D eigenvalue weighted by atomic mass is 9.51. The van der Waals surface area contributed by atoms with Gasteiger partial charge in [-0.2, -0.15) is 0 Å². The van der Waals surface area contributed by atoms with Crippen molar-refractivity contribution in [2.24, 2.45) is 28.0 Å². The van der Waals surface area contributed by atoms with Crippen LogP contribution in [0.3, 0.4) is 0 Å². The number of hydrogen-bond acceptors (Lipinski definition) is 7. The summed E-state index contributed by atoms with van der Waals surface area (Å²) in [4.78, 5) is 60.9. The zero-order valence-corrected chi connectivity index (χ0v) is 24.1. The molecular formula is C29H42N6O6. The highest BCUT2D eigenvalue weighted by Crippen LogP contribution is 2.62. The summed E-state index contributed by atoms with van der Waals surface area (Å²) < 4.78 is 7.93. The molecule has 1 aromatic rings. The Morgan fingerprint density at radius 2 is 1.68 bits per heavy atom. The van der Waals surface area contributed by atoms with Crippen LogP contribution in [0, 0.1) is 17.3 Å². The van der Waals surface area contributed by atoms with E-state index in [2.05, 4.69) is 4.99 Å². The summed E-state index contributed by atoms with van der Waals surface area (Å²) in [6.45, 7) is 4.24. The van der Waals surface area contributed by atoms with Gasteiger partial charge in [0.1, 0.15) is 16.9 Å². The molecule has 2 spiro atoms. The van der Waals surface area contributed by atoms with E-state index in [1.807, 2.05) is 0 Å². The molecule has 2 aliphatic heterocycles. The molecule has 3 aliphatic carbocycles. The van der Waals surface area contributed by atoms with Gasteiger partial charge in [0, 0.05) is 38.6 Å². The largest absolute Gasteiger partial charge is 0.494 e. The highest BCUT2D eigenvalue weighted by molar-refractivity contribution is 6.07. The number of hydrogen-bond donors (Lipinski definition) is 2. The van der Waals surface area contributed by atoms with Crippen molar-refractivity contribution in [1.82, 2.24) is 18.9 Å². The van der Waals surface area contributed by atoms with E-state index >= 15 is 0 Å². The van der Waals surface area contributed by atoms with Gasteiger partial charge >= 0.3 is 11.7 Å². The van der Waals surface area contributed by atoms with E-state index in [0.29, 0.717) is 58.5 Å². The monoisotopic (exact) mass is 570 g/mol. The van der Waals surface area contributed by atoms with E-state index in [1.54, 1.807) is 18.9 Å². The molecule has 0 radical (unpaired) electrons. The van der Waals surface area contributed by atoms with Gasteiger partial charge in [0.15, 0.2) is 0 Å². The van der Waals surface area contributed by atoms with Crippen LogP contribution < -0.4 is 17.0 Å². The molecule has 12 nitrogen and oxygen atoms in total. The van der Waals surface area contributed by atoms with Crippen LogP contribution >= 0.6 is 0 Å². The Bertz CT molecular complexity index is 1370. The van der Waals surface area contributed by atoms with Crippen LogP contribution in [0.2, 0.25) is 0 Å². The lowest BCUT2D eigenvalue weighted by molar-refractivity contribution is -0.152. The Labute approximate surface area is 239 Å². The van der Waals surface area contributed by atoms with Crippen LogP contribution in [0.4, 0.5) is 4.79 Å². The maximum atomic E-state index is 13.8. The van der Waals surface area contributed by atoms with Crippen molar-refractivity contribution < 1.29 is 19.4 Å². The van der Waals surface area contributed by atoms with E-state index in [4.69, 9.17) is 10.5 Å². The predicted molar refractivity (Wildman–Crippen MR) is 151 cm³/mol. The summed E-state index contributed by atoms with van der Waals surface area (Å²) >= 11 is 0. The molecule has 0 bridgehead atoms. The number of ether oxygens (including phenoxy) is 1. The third-order valence-electron chi connectivity index (χ3n) is 10.4. The summed E-state index contributed by atoms with van der Waals surface area (Å²) in [5.74, 6) is -0.0515. The number of carbonyl (C=O) groups excluding carboxylic acids is 2. The minimum absolute atomic E-state index is 0.0531. The summed E-state index contributed by atoms with van der Waals surface area (Å²) in [6.07, 6.45) is 8.03. The Morgan fingerprint density at radius 1 is 1.02 bits per heavy atom. The fourth-order valence-electron chi connectivity index (χ4n) is 8.21. The predicted octanol–water partition coefficient (Wildman–Crippen LogP) is 1.81. The molecule has 5 fully saturated rings.